The molecule has 4 heterocycles. The summed E-state index contributed by atoms with van der Waals surface area (Å²) < 4.78 is 2.10. The third-order valence-electron chi connectivity index (χ3n) is 20.2. The van der Waals surface area contributed by atoms with Crippen molar-refractivity contribution in [1.29, 1.82) is 0 Å². The van der Waals surface area contributed by atoms with E-state index in [-0.39, 0.29) is 35.5 Å². The first-order valence-electron chi connectivity index (χ1n) is 36.9. The van der Waals surface area contributed by atoms with Gasteiger partial charge in [0.15, 0.2) is 0 Å². The van der Waals surface area contributed by atoms with Crippen molar-refractivity contribution >= 4 is 88.9 Å². The maximum absolute atomic E-state index is 16.1. The number of hydrogen-bond donors (Lipinski definition) is 0. The van der Waals surface area contributed by atoms with Crippen molar-refractivity contribution in [1.82, 2.24) is 9.80 Å². The summed E-state index contributed by atoms with van der Waals surface area (Å²) in [6, 6.07) is 8.55. The lowest BCUT2D eigenvalue weighted by atomic mass is 9.80. The van der Waals surface area contributed by atoms with Crippen LogP contribution in [0, 0.1) is 23.7 Å². The molecule has 0 radical (unpaired) electrons. The number of carbonyl (C=O) groups excluding carboxylic acids is 4. The van der Waals surface area contributed by atoms with Crippen molar-refractivity contribution in [2.45, 2.75) is 325 Å². The second-order valence-electron chi connectivity index (χ2n) is 27.3. The van der Waals surface area contributed by atoms with E-state index in [0.29, 0.717) is 69.1 Å². The molecule has 10 heteroatoms. The van der Waals surface area contributed by atoms with Crippen molar-refractivity contribution in [2.75, 3.05) is 13.1 Å². The first-order chi connectivity index (χ1) is 42.9. The fourth-order valence-corrected chi connectivity index (χ4v) is 18.0. The molecule has 0 N–H and O–H groups in total. The number of carbonyl (C=O) groups is 4. The van der Waals surface area contributed by atoms with Crippen LogP contribution in [-0.2, 0) is 12.8 Å². The molecule has 2 aromatic carbocycles. The molecule has 4 amide bonds. The molecule has 2 aliphatic rings. The molecule has 6 nitrogen and oxygen atoms in total. The van der Waals surface area contributed by atoms with Gasteiger partial charge in [0.05, 0.1) is 18.7 Å². The van der Waals surface area contributed by atoms with E-state index in [1.54, 1.807) is 32.5 Å². The summed E-state index contributed by atoms with van der Waals surface area (Å²) in [5.74, 6) is 0.255. The Hall–Kier alpha value is -2.66. The number of hydrogen-bond acceptors (Lipinski definition) is 6. The summed E-state index contributed by atoms with van der Waals surface area (Å²) in [6.45, 7) is 18.9. The van der Waals surface area contributed by atoms with Crippen molar-refractivity contribution in [2.24, 2.45) is 23.7 Å². The Bertz CT molecular complexity index is 2560. The van der Waals surface area contributed by atoms with Gasteiger partial charge in [-0.1, -0.05) is 287 Å². The third kappa shape index (κ3) is 21.7. The number of halogens is 2. The Morgan fingerprint density at radius 1 is 0.330 bits per heavy atom. The molecule has 4 aromatic rings. The molecule has 4 atom stereocenters. The second kappa shape index (κ2) is 41.1. The van der Waals surface area contributed by atoms with Crippen molar-refractivity contribution in [3.05, 3.63) is 65.2 Å². The van der Waals surface area contributed by atoms with E-state index in [1.807, 2.05) is 12.1 Å². The Kier molecular flexibility index (Phi) is 34.8. The molecule has 0 bridgehead atoms. The number of amides is 4. The van der Waals surface area contributed by atoms with Gasteiger partial charge in [-0.15, -0.1) is 22.7 Å². The molecule has 492 valence electrons. The van der Waals surface area contributed by atoms with Crippen LogP contribution >= 0.6 is 54.5 Å². The predicted octanol–water partition coefficient (Wildman–Crippen LogP) is 26.3. The fourth-order valence-electron chi connectivity index (χ4n) is 14.5. The van der Waals surface area contributed by atoms with Gasteiger partial charge in [-0.2, -0.15) is 0 Å². The Labute approximate surface area is 561 Å². The van der Waals surface area contributed by atoms with E-state index in [2.05, 4.69) is 99.4 Å². The highest BCUT2D eigenvalue weighted by Crippen LogP contribution is 2.50. The van der Waals surface area contributed by atoms with Gasteiger partial charge >= 0.3 is 0 Å². The molecule has 0 spiro atoms. The fraction of sp³-hybridized carbons (Fsp3) is 0.718. The summed E-state index contributed by atoms with van der Waals surface area (Å²) in [6.07, 6.45) is 49.2. The van der Waals surface area contributed by atoms with Gasteiger partial charge in [-0.25, -0.2) is 0 Å². The number of nitrogens with zero attached hydrogens (tertiary/aromatic N) is 2. The highest BCUT2D eigenvalue weighted by molar-refractivity contribution is 9.11. The lowest BCUT2D eigenvalue weighted by Gasteiger charge is -2.36. The molecule has 0 fully saturated rings. The SMILES string of the molecule is CCCCCCCCCCC(CCCCCCCC)CN1C(=O)c2cc(-c3cc(CC(CC)CCCC)c(Br)s3)c3c4c(cc(-c5cc(CC(CC)CCCC)c(Br)s5)c(c24)C1=O)C(=O)N(CC(CCCCCCCC)CCCCCCCCCC)C3=O. The van der Waals surface area contributed by atoms with Gasteiger partial charge in [0.1, 0.15) is 0 Å². The number of rotatable bonds is 50. The second-order valence-corrected chi connectivity index (χ2v) is 32.1. The minimum Gasteiger partial charge on any atom is -0.274 e. The molecule has 2 aromatic heterocycles. The summed E-state index contributed by atoms with van der Waals surface area (Å²) in [5, 5.41) is 0.998. The largest absolute Gasteiger partial charge is 0.274 e. The molecule has 88 heavy (non-hydrogen) atoms. The van der Waals surface area contributed by atoms with Gasteiger partial charge in [-0.3, -0.25) is 29.0 Å². The van der Waals surface area contributed by atoms with E-state index >= 15 is 19.2 Å². The Morgan fingerprint density at radius 2 is 0.602 bits per heavy atom. The Balaban J connectivity index is 1.53. The van der Waals surface area contributed by atoms with Crippen molar-refractivity contribution in [3.8, 4) is 20.9 Å². The van der Waals surface area contributed by atoms with Crippen LogP contribution in [0.4, 0.5) is 0 Å². The van der Waals surface area contributed by atoms with Crippen LogP contribution in [0.25, 0.3) is 31.7 Å². The summed E-state index contributed by atoms with van der Waals surface area (Å²) in [4.78, 5) is 69.4. The highest BCUT2D eigenvalue weighted by Gasteiger charge is 2.44. The first kappa shape index (κ1) is 74.4. The van der Waals surface area contributed by atoms with E-state index < -0.39 is 0 Å². The lowest BCUT2D eigenvalue weighted by molar-refractivity contribution is 0.0557. The molecule has 2 aliphatic heterocycles. The van der Waals surface area contributed by atoms with Crippen LogP contribution in [0.1, 0.15) is 365 Å². The number of imide groups is 2. The molecular weight excluding hydrogens is 1250 g/mol. The van der Waals surface area contributed by atoms with Gasteiger partial charge < -0.3 is 0 Å². The molecule has 6 rings (SSSR count). The minimum atomic E-state index is -0.291. The quantitative estimate of drug-likeness (QED) is 0.0326. The summed E-state index contributed by atoms with van der Waals surface area (Å²) in [5.41, 5.74) is 5.72. The normalized spacial score (nSPS) is 14.8. The van der Waals surface area contributed by atoms with Crippen LogP contribution in [-0.4, -0.2) is 46.5 Å². The van der Waals surface area contributed by atoms with Crippen LogP contribution in [0.3, 0.4) is 0 Å². The minimum absolute atomic E-state index is 0.176. The maximum Gasteiger partial charge on any atom is 0.262 e. The van der Waals surface area contributed by atoms with E-state index in [4.69, 9.17) is 0 Å². The van der Waals surface area contributed by atoms with Crippen molar-refractivity contribution in [3.63, 3.8) is 0 Å². The third-order valence-corrected chi connectivity index (χ3v) is 24.2. The summed E-state index contributed by atoms with van der Waals surface area (Å²) >= 11 is 11.4. The monoisotopic (exact) mass is 1370 g/mol. The summed E-state index contributed by atoms with van der Waals surface area (Å²) in [7, 11) is 0. The van der Waals surface area contributed by atoms with Gasteiger partial charge in [0.25, 0.3) is 23.6 Å². The average molecular weight is 1370 g/mol. The number of thiophene rings is 2. The van der Waals surface area contributed by atoms with E-state index in [9.17, 15) is 0 Å². The molecular formula is C78H120Br2N2O4S2. The zero-order chi connectivity index (χ0) is 63.2. The highest BCUT2D eigenvalue weighted by atomic mass is 79.9. The van der Waals surface area contributed by atoms with Crippen molar-refractivity contribution < 1.29 is 19.2 Å². The standard InChI is InChI=1S/C78H120Br2N2O4S2/c1-9-17-23-27-31-33-37-41-47-59(45-39-35-29-25-19-11-3)55-81-75(83)65-53-64(68-52-62(74(80)88-68)50-58(16-8)44-22-14-6)72-70-66(54-63(71(69(65)70)77(81)85)67-51-61(73(79)87-67)49-57(15-7)43-21-13-5)76(84)82(78(72)86)56-60(46-40-36-30-26-20-12-4)48-42-38-34-32-28-24-18-10-2/h51-54,57-60H,9-50,55-56H2,1-8H3. The first-order valence-corrected chi connectivity index (χ1v) is 40.1. The van der Waals surface area contributed by atoms with Gasteiger partial charge in [-0.05, 0) is 129 Å². The predicted molar refractivity (Wildman–Crippen MR) is 388 cm³/mol. The number of benzene rings is 2. The zero-order valence-corrected chi connectivity index (χ0v) is 61.6. The maximum atomic E-state index is 16.1. The topological polar surface area (TPSA) is 74.8 Å². The molecule has 0 saturated heterocycles. The van der Waals surface area contributed by atoms with E-state index in [1.165, 1.54) is 165 Å². The van der Waals surface area contributed by atoms with Gasteiger partial charge in [0.2, 0.25) is 0 Å². The van der Waals surface area contributed by atoms with Crippen LogP contribution in [0.2, 0.25) is 0 Å². The van der Waals surface area contributed by atoms with Crippen LogP contribution < -0.4 is 0 Å². The molecule has 0 aliphatic carbocycles. The van der Waals surface area contributed by atoms with Gasteiger partial charge in [0, 0.05) is 55.9 Å². The van der Waals surface area contributed by atoms with Crippen LogP contribution in [0.5, 0.6) is 0 Å². The average Bonchev–Trinajstić information content (AvgIpc) is 0.889. The molecule has 0 saturated carbocycles. The zero-order valence-electron chi connectivity index (χ0n) is 56.8. The molecule has 4 unspecified atom stereocenters. The van der Waals surface area contributed by atoms with E-state index in [0.717, 1.165) is 133 Å². The smallest absolute Gasteiger partial charge is 0.262 e. The Morgan fingerprint density at radius 3 is 0.886 bits per heavy atom. The van der Waals surface area contributed by atoms with Crippen LogP contribution in [0.15, 0.2) is 31.8 Å². The number of unbranched alkanes of at least 4 members (excludes halogenated alkanes) is 26. The lowest BCUT2D eigenvalue weighted by Crippen LogP contribution is -2.46.